The van der Waals surface area contributed by atoms with E-state index in [0.717, 1.165) is 17.1 Å². The molecule has 2 N–H and O–H groups in total. The Morgan fingerprint density at radius 2 is 1.83 bits per heavy atom. The Morgan fingerprint density at radius 3 is 2.53 bits per heavy atom. The van der Waals surface area contributed by atoms with Crippen molar-refractivity contribution in [3.8, 4) is 0 Å². The van der Waals surface area contributed by atoms with Crippen LogP contribution < -0.4 is 10.6 Å². The molecule has 1 amide bonds. The molecule has 9 nitrogen and oxygen atoms in total. The minimum absolute atomic E-state index is 0.0428. The van der Waals surface area contributed by atoms with E-state index < -0.39 is 4.92 Å². The number of aromatic nitrogens is 3. The van der Waals surface area contributed by atoms with Crippen LogP contribution in [0.5, 0.6) is 0 Å². The zero-order chi connectivity index (χ0) is 21.3. The van der Waals surface area contributed by atoms with Gasteiger partial charge < -0.3 is 15.2 Å². The van der Waals surface area contributed by atoms with E-state index in [9.17, 15) is 14.9 Å². The van der Waals surface area contributed by atoms with Crippen molar-refractivity contribution in [3.63, 3.8) is 0 Å². The highest BCUT2D eigenvalue weighted by Gasteiger charge is 2.12. The zero-order valence-corrected chi connectivity index (χ0v) is 17.3. The third-order valence-electron chi connectivity index (χ3n) is 4.27. The molecule has 3 rings (SSSR count). The smallest absolute Gasteiger partial charge is 0.269 e. The lowest BCUT2D eigenvalue weighted by molar-refractivity contribution is -0.384. The Balaban J connectivity index is 1.41. The second kappa shape index (κ2) is 10.4. The third-order valence-corrected chi connectivity index (χ3v) is 5.24. The van der Waals surface area contributed by atoms with Gasteiger partial charge in [-0.1, -0.05) is 42.1 Å². The fourth-order valence-corrected chi connectivity index (χ4v) is 3.52. The second-order valence-corrected chi connectivity index (χ2v) is 7.41. The maximum atomic E-state index is 12.1. The molecule has 0 saturated carbocycles. The number of carbonyl (C=O) groups is 1. The SMILES string of the molecule is Cc1nnc(SCC(=O)NCCNc2ccc([N+](=O)[O-])cc2)n1Cc1ccccc1. The average Bonchev–Trinajstić information content (AvgIpc) is 3.10. The van der Waals surface area contributed by atoms with Crippen molar-refractivity contribution in [2.45, 2.75) is 18.6 Å². The van der Waals surface area contributed by atoms with Gasteiger partial charge in [0.1, 0.15) is 5.82 Å². The fraction of sp³-hybridized carbons (Fsp3) is 0.250. The largest absolute Gasteiger partial charge is 0.383 e. The summed E-state index contributed by atoms with van der Waals surface area (Å²) in [6, 6.07) is 16.2. The van der Waals surface area contributed by atoms with E-state index in [2.05, 4.69) is 20.8 Å². The van der Waals surface area contributed by atoms with Crippen LogP contribution in [0.25, 0.3) is 0 Å². The van der Waals surface area contributed by atoms with Gasteiger partial charge in [-0.2, -0.15) is 0 Å². The summed E-state index contributed by atoms with van der Waals surface area (Å²) < 4.78 is 1.99. The summed E-state index contributed by atoms with van der Waals surface area (Å²) >= 11 is 1.35. The van der Waals surface area contributed by atoms with Crippen LogP contribution in [-0.2, 0) is 11.3 Å². The topological polar surface area (TPSA) is 115 Å². The molecule has 0 aliphatic carbocycles. The van der Waals surface area contributed by atoms with E-state index >= 15 is 0 Å². The summed E-state index contributed by atoms with van der Waals surface area (Å²) in [5.41, 5.74) is 1.94. The van der Waals surface area contributed by atoms with Crippen molar-refractivity contribution < 1.29 is 9.72 Å². The molecular weight excluding hydrogens is 404 g/mol. The molecule has 0 aliphatic heterocycles. The summed E-state index contributed by atoms with van der Waals surface area (Å²) in [7, 11) is 0. The highest BCUT2D eigenvalue weighted by molar-refractivity contribution is 7.99. The number of hydrogen-bond donors (Lipinski definition) is 2. The number of aryl methyl sites for hydroxylation is 1. The normalized spacial score (nSPS) is 10.6. The van der Waals surface area contributed by atoms with Crippen LogP contribution >= 0.6 is 11.8 Å². The van der Waals surface area contributed by atoms with Gasteiger partial charge >= 0.3 is 0 Å². The summed E-state index contributed by atoms with van der Waals surface area (Å²) in [6.07, 6.45) is 0. The van der Waals surface area contributed by atoms with Crippen LogP contribution in [0.15, 0.2) is 59.8 Å². The van der Waals surface area contributed by atoms with Gasteiger partial charge in [-0.25, -0.2) is 0 Å². The van der Waals surface area contributed by atoms with Crippen molar-refractivity contribution in [3.05, 3.63) is 76.1 Å². The van der Waals surface area contributed by atoms with Gasteiger partial charge in [-0.3, -0.25) is 14.9 Å². The van der Waals surface area contributed by atoms with Crippen molar-refractivity contribution in [1.29, 1.82) is 0 Å². The van der Waals surface area contributed by atoms with Gasteiger partial charge in [0.15, 0.2) is 5.16 Å². The number of nitro groups is 1. The average molecular weight is 427 g/mol. The number of hydrogen-bond acceptors (Lipinski definition) is 7. The minimum Gasteiger partial charge on any atom is -0.383 e. The number of non-ortho nitro benzene ring substituents is 1. The van der Waals surface area contributed by atoms with Crippen molar-refractivity contribution >= 4 is 29.0 Å². The number of amides is 1. The number of nitrogens with one attached hydrogen (secondary N) is 2. The number of nitro benzene ring substituents is 1. The highest BCUT2D eigenvalue weighted by atomic mass is 32.2. The third kappa shape index (κ3) is 6.05. The van der Waals surface area contributed by atoms with Crippen LogP contribution in [0.1, 0.15) is 11.4 Å². The number of thioether (sulfide) groups is 1. The Morgan fingerprint density at radius 1 is 1.10 bits per heavy atom. The van der Waals surface area contributed by atoms with Gasteiger partial charge in [-0.15, -0.1) is 10.2 Å². The molecule has 0 unspecified atom stereocenters. The fourth-order valence-electron chi connectivity index (χ4n) is 2.71. The van der Waals surface area contributed by atoms with Crippen LogP contribution in [0, 0.1) is 17.0 Å². The molecule has 0 fully saturated rings. The number of carbonyl (C=O) groups excluding carboxylic acids is 1. The van der Waals surface area contributed by atoms with E-state index in [1.54, 1.807) is 12.1 Å². The van der Waals surface area contributed by atoms with Gasteiger partial charge in [0.2, 0.25) is 5.91 Å². The van der Waals surface area contributed by atoms with Gasteiger partial charge in [0.05, 0.1) is 17.2 Å². The van der Waals surface area contributed by atoms with E-state index in [4.69, 9.17) is 0 Å². The lowest BCUT2D eigenvalue weighted by Crippen LogP contribution is -2.30. The first-order valence-corrected chi connectivity index (χ1v) is 10.3. The molecule has 0 saturated heterocycles. The molecule has 0 aliphatic rings. The molecule has 10 heteroatoms. The van der Waals surface area contributed by atoms with E-state index in [1.165, 1.54) is 23.9 Å². The molecule has 0 radical (unpaired) electrons. The summed E-state index contributed by atoms with van der Waals surface area (Å²) in [5, 5.41) is 25.6. The second-order valence-electron chi connectivity index (χ2n) is 6.47. The lowest BCUT2D eigenvalue weighted by Gasteiger charge is -2.09. The van der Waals surface area contributed by atoms with Crippen molar-refractivity contribution in [2.75, 3.05) is 24.2 Å². The molecule has 0 atom stereocenters. The van der Waals surface area contributed by atoms with Crippen LogP contribution in [-0.4, -0.2) is 44.4 Å². The minimum atomic E-state index is -0.441. The Labute approximate surface area is 178 Å². The van der Waals surface area contributed by atoms with E-state index in [-0.39, 0.29) is 17.3 Å². The van der Waals surface area contributed by atoms with Crippen molar-refractivity contribution in [2.24, 2.45) is 0 Å². The molecular formula is C20H22N6O3S. The van der Waals surface area contributed by atoms with Crippen molar-refractivity contribution in [1.82, 2.24) is 20.1 Å². The number of nitrogens with zero attached hydrogens (tertiary/aromatic N) is 4. The molecule has 1 heterocycles. The Hall–Kier alpha value is -3.40. The standard InChI is InChI=1S/C20H22N6O3S/c1-15-23-24-20(25(15)13-16-5-3-2-4-6-16)30-14-19(27)22-12-11-21-17-7-9-18(10-8-17)26(28)29/h2-10,21H,11-14H2,1H3,(H,22,27). The van der Waals surface area contributed by atoms with E-state index in [0.29, 0.717) is 24.8 Å². The quantitative estimate of drug-likeness (QED) is 0.222. The molecule has 0 spiro atoms. The van der Waals surface area contributed by atoms with Gasteiger partial charge in [0.25, 0.3) is 5.69 Å². The molecule has 0 bridgehead atoms. The lowest BCUT2D eigenvalue weighted by atomic mass is 10.2. The number of anilines is 1. The van der Waals surface area contributed by atoms with Crippen LogP contribution in [0.3, 0.4) is 0 Å². The predicted molar refractivity (Wildman–Crippen MR) is 116 cm³/mol. The number of benzene rings is 2. The zero-order valence-electron chi connectivity index (χ0n) is 16.4. The molecule has 2 aromatic carbocycles. The van der Waals surface area contributed by atoms with E-state index in [1.807, 2.05) is 41.8 Å². The summed E-state index contributed by atoms with van der Waals surface area (Å²) in [4.78, 5) is 22.3. The summed E-state index contributed by atoms with van der Waals surface area (Å²) in [6.45, 7) is 3.50. The highest BCUT2D eigenvalue weighted by Crippen LogP contribution is 2.18. The number of rotatable bonds is 10. The molecule has 1 aromatic heterocycles. The maximum absolute atomic E-state index is 12.1. The van der Waals surface area contributed by atoms with Crippen LogP contribution in [0.2, 0.25) is 0 Å². The molecule has 30 heavy (non-hydrogen) atoms. The van der Waals surface area contributed by atoms with Crippen LogP contribution in [0.4, 0.5) is 11.4 Å². The Kier molecular flexibility index (Phi) is 7.39. The maximum Gasteiger partial charge on any atom is 0.269 e. The Bertz CT molecular complexity index is 992. The molecule has 3 aromatic rings. The first-order valence-electron chi connectivity index (χ1n) is 9.34. The van der Waals surface area contributed by atoms with Gasteiger partial charge in [0, 0.05) is 30.9 Å². The van der Waals surface area contributed by atoms with Gasteiger partial charge in [-0.05, 0) is 24.6 Å². The first kappa shape index (κ1) is 21.3. The first-order chi connectivity index (χ1) is 14.5. The monoisotopic (exact) mass is 426 g/mol. The predicted octanol–water partition coefficient (Wildman–Crippen LogP) is 2.86. The molecule has 156 valence electrons. The summed E-state index contributed by atoms with van der Waals surface area (Å²) in [5.74, 6) is 0.941.